The van der Waals surface area contributed by atoms with E-state index in [0.29, 0.717) is 17.1 Å². The first kappa shape index (κ1) is 15.5. The number of ether oxygens (including phenoxy) is 1. The van der Waals surface area contributed by atoms with Gasteiger partial charge in [-0.15, -0.1) is 11.8 Å². The summed E-state index contributed by atoms with van der Waals surface area (Å²) in [5, 5.41) is 3.27. The van der Waals surface area contributed by atoms with E-state index in [1.54, 1.807) is 25.3 Å². The van der Waals surface area contributed by atoms with E-state index in [4.69, 9.17) is 4.74 Å². The molecule has 0 aliphatic carbocycles. The lowest BCUT2D eigenvalue weighted by atomic mass is 10.3. The second-order valence-corrected chi connectivity index (χ2v) is 4.69. The Bertz CT molecular complexity index is 451. The molecule has 1 aromatic rings. The lowest BCUT2D eigenvalue weighted by Gasteiger charge is -2.13. The molecule has 5 nitrogen and oxygen atoms in total. The molecule has 104 valence electrons. The van der Waals surface area contributed by atoms with Crippen molar-refractivity contribution in [3.63, 3.8) is 0 Å². The van der Waals surface area contributed by atoms with Crippen molar-refractivity contribution in [1.29, 1.82) is 0 Å². The predicted molar refractivity (Wildman–Crippen MR) is 74.2 cm³/mol. The van der Waals surface area contributed by atoms with Crippen LogP contribution in [0.25, 0.3) is 0 Å². The van der Waals surface area contributed by atoms with Crippen LogP contribution in [0, 0.1) is 0 Å². The summed E-state index contributed by atoms with van der Waals surface area (Å²) in [6, 6.07) is 3.30. The minimum atomic E-state index is -0.811. The summed E-state index contributed by atoms with van der Waals surface area (Å²) >= 11 is 1.36. The van der Waals surface area contributed by atoms with Gasteiger partial charge in [0.1, 0.15) is 5.03 Å². The maximum Gasteiger partial charge on any atom is 0.341 e. The van der Waals surface area contributed by atoms with Crippen LogP contribution in [-0.2, 0) is 9.53 Å². The number of carbonyl (C=O) groups is 2. The van der Waals surface area contributed by atoms with Gasteiger partial charge in [0.15, 0.2) is 6.10 Å². The molecule has 0 aromatic carbocycles. The maximum atomic E-state index is 12.0. The number of esters is 1. The highest BCUT2D eigenvalue weighted by molar-refractivity contribution is 7.98. The zero-order chi connectivity index (χ0) is 14.3. The number of nitrogens with zero attached hydrogens (tertiary/aromatic N) is 1. The fourth-order valence-corrected chi connectivity index (χ4v) is 1.92. The Balaban J connectivity index is 2.66. The Labute approximate surface area is 117 Å². The lowest BCUT2D eigenvalue weighted by Crippen LogP contribution is -2.36. The smallest absolute Gasteiger partial charge is 0.341 e. The standard InChI is InChI=1S/C13H18N2O3S/c1-4-7-14-11(16)9(2)18-13(17)10-6-5-8-15-12(10)19-3/h5-6,8-9H,4,7H2,1-3H3,(H,14,16). The fourth-order valence-electron chi connectivity index (χ4n) is 1.38. The molecule has 19 heavy (non-hydrogen) atoms. The van der Waals surface area contributed by atoms with Crippen LogP contribution in [0.4, 0.5) is 0 Å². The topological polar surface area (TPSA) is 68.3 Å². The van der Waals surface area contributed by atoms with Crippen molar-refractivity contribution in [2.24, 2.45) is 0 Å². The predicted octanol–water partition coefficient (Wildman–Crippen LogP) is 1.88. The largest absolute Gasteiger partial charge is 0.449 e. The summed E-state index contributed by atoms with van der Waals surface area (Å²) in [6.45, 7) is 4.08. The Morgan fingerprint density at radius 2 is 2.26 bits per heavy atom. The molecule has 0 saturated carbocycles. The Morgan fingerprint density at radius 1 is 1.53 bits per heavy atom. The molecule has 0 radical (unpaired) electrons. The van der Waals surface area contributed by atoms with Crippen LogP contribution < -0.4 is 5.32 Å². The fraction of sp³-hybridized carbons (Fsp3) is 0.462. The van der Waals surface area contributed by atoms with Gasteiger partial charge in [-0.05, 0) is 31.7 Å². The molecule has 0 fully saturated rings. The van der Waals surface area contributed by atoms with Gasteiger partial charge in [0.2, 0.25) is 0 Å². The van der Waals surface area contributed by atoms with E-state index in [-0.39, 0.29) is 5.91 Å². The molecule has 1 aromatic heterocycles. The minimum Gasteiger partial charge on any atom is -0.449 e. The monoisotopic (exact) mass is 282 g/mol. The van der Waals surface area contributed by atoms with Gasteiger partial charge in [0.25, 0.3) is 5.91 Å². The average Bonchev–Trinajstić information content (AvgIpc) is 2.44. The molecule has 1 amide bonds. The lowest BCUT2D eigenvalue weighted by molar-refractivity contribution is -0.129. The third-order valence-electron chi connectivity index (χ3n) is 2.39. The van der Waals surface area contributed by atoms with Crippen molar-refractivity contribution >= 4 is 23.6 Å². The number of thioether (sulfide) groups is 1. The molecule has 0 bridgehead atoms. The van der Waals surface area contributed by atoms with Gasteiger partial charge in [-0.25, -0.2) is 9.78 Å². The van der Waals surface area contributed by atoms with Crippen LogP contribution in [0.5, 0.6) is 0 Å². The normalized spacial score (nSPS) is 11.7. The number of hydrogen-bond donors (Lipinski definition) is 1. The molecule has 1 unspecified atom stereocenters. The Kier molecular flexibility index (Phi) is 6.35. The Morgan fingerprint density at radius 3 is 2.89 bits per heavy atom. The van der Waals surface area contributed by atoms with Gasteiger partial charge >= 0.3 is 5.97 Å². The number of nitrogens with one attached hydrogen (secondary N) is 1. The third-order valence-corrected chi connectivity index (χ3v) is 3.10. The van der Waals surface area contributed by atoms with Crippen LogP contribution in [0.15, 0.2) is 23.4 Å². The first-order chi connectivity index (χ1) is 9.10. The zero-order valence-electron chi connectivity index (χ0n) is 11.3. The third kappa shape index (κ3) is 4.55. The number of carbonyl (C=O) groups excluding carboxylic acids is 2. The number of pyridine rings is 1. The summed E-state index contributed by atoms with van der Waals surface area (Å²) < 4.78 is 5.13. The van der Waals surface area contributed by atoms with Gasteiger partial charge in [0, 0.05) is 12.7 Å². The van der Waals surface area contributed by atoms with Crippen molar-refractivity contribution in [2.75, 3.05) is 12.8 Å². The Hall–Kier alpha value is -1.56. The number of rotatable bonds is 6. The molecule has 0 saturated heterocycles. The highest BCUT2D eigenvalue weighted by atomic mass is 32.2. The molecule has 6 heteroatoms. The van der Waals surface area contributed by atoms with E-state index in [1.165, 1.54) is 11.8 Å². The van der Waals surface area contributed by atoms with Gasteiger partial charge < -0.3 is 10.1 Å². The first-order valence-corrected chi connectivity index (χ1v) is 7.30. The van der Waals surface area contributed by atoms with Crippen LogP contribution >= 0.6 is 11.8 Å². The summed E-state index contributed by atoms with van der Waals surface area (Å²) in [5.74, 6) is -0.818. The maximum absolute atomic E-state index is 12.0. The van der Waals surface area contributed by atoms with Gasteiger partial charge in [-0.2, -0.15) is 0 Å². The highest BCUT2D eigenvalue weighted by Gasteiger charge is 2.20. The van der Waals surface area contributed by atoms with Crippen LogP contribution in [0.1, 0.15) is 30.6 Å². The molecule has 1 atom stereocenters. The van der Waals surface area contributed by atoms with Crippen LogP contribution in [-0.4, -0.2) is 35.8 Å². The number of aromatic nitrogens is 1. The van der Waals surface area contributed by atoms with E-state index in [0.717, 1.165) is 6.42 Å². The van der Waals surface area contributed by atoms with Gasteiger partial charge in [-0.3, -0.25) is 4.79 Å². The second-order valence-electron chi connectivity index (χ2n) is 3.90. The summed E-state index contributed by atoms with van der Waals surface area (Å²) in [5.41, 5.74) is 0.380. The number of amides is 1. The quantitative estimate of drug-likeness (QED) is 0.637. The molecular formula is C13H18N2O3S. The summed E-state index contributed by atoms with van der Waals surface area (Å²) in [6.07, 6.45) is 3.47. The molecule has 0 spiro atoms. The summed E-state index contributed by atoms with van der Waals surface area (Å²) in [4.78, 5) is 27.7. The molecule has 1 rings (SSSR count). The minimum absolute atomic E-state index is 0.287. The van der Waals surface area contributed by atoms with Crippen molar-refractivity contribution in [1.82, 2.24) is 10.3 Å². The van der Waals surface area contributed by atoms with E-state index in [2.05, 4.69) is 10.3 Å². The molecule has 1 heterocycles. The van der Waals surface area contributed by atoms with E-state index in [1.807, 2.05) is 13.2 Å². The second kappa shape index (κ2) is 7.78. The highest BCUT2D eigenvalue weighted by Crippen LogP contribution is 2.18. The zero-order valence-corrected chi connectivity index (χ0v) is 12.1. The van der Waals surface area contributed by atoms with Crippen molar-refractivity contribution in [3.8, 4) is 0 Å². The molecule has 0 aliphatic rings. The van der Waals surface area contributed by atoms with E-state index >= 15 is 0 Å². The van der Waals surface area contributed by atoms with Gasteiger partial charge in [0.05, 0.1) is 5.56 Å². The van der Waals surface area contributed by atoms with Gasteiger partial charge in [-0.1, -0.05) is 6.92 Å². The number of hydrogen-bond acceptors (Lipinski definition) is 5. The molecule has 1 N–H and O–H groups in total. The van der Waals surface area contributed by atoms with Crippen molar-refractivity contribution in [2.45, 2.75) is 31.4 Å². The summed E-state index contributed by atoms with van der Waals surface area (Å²) in [7, 11) is 0. The van der Waals surface area contributed by atoms with E-state index < -0.39 is 12.1 Å². The SMILES string of the molecule is CCCNC(=O)C(C)OC(=O)c1cccnc1SC. The molecular weight excluding hydrogens is 264 g/mol. The first-order valence-electron chi connectivity index (χ1n) is 6.07. The van der Waals surface area contributed by atoms with Crippen molar-refractivity contribution < 1.29 is 14.3 Å². The van der Waals surface area contributed by atoms with Crippen molar-refractivity contribution in [3.05, 3.63) is 23.9 Å². The average molecular weight is 282 g/mol. The molecule has 0 aliphatic heterocycles. The van der Waals surface area contributed by atoms with E-state index in [9.17, 15) is 9.59 Å². The van der Waals surface area contributed by atoms with Crippen LogP contribution in [0.2, 0.25) is 0 Å². The van der Waals surface area contributed by atoms with Crippen LogP contribution in [0.3, 0.4) is 0 Å².